The van der Waals surface area contributed by atoms with E-state index in [4.69, 9.17) is 0 Å². The number of thioether (sulfide) groups is 1. The molecule has 98 valence electrons. The summed E-state index contributed by atoms with van der Waals surface area (Å²) in [6, 6.07) is 10.1. The highest BCUT2D eigenvalue weighted by molar-refractivity contribution is 8.00. The largest absolute Gasteiger partial charge is 0.339 e. The molecule has 1 atom stereocenters. The zero-order chi connectivity index (χ0) is 13.0. The van der Waals surface area contributed by atoms with Gasteiger partial charge in [-0.1, -0.05) is 18.2 Å². The van der Waals surface area contributed by atoms with Crippen LogP contribution in [0.4, 0.5) is 0 Å². The molecule has 1 saturated heterocycles. The van der Waals surface area contributed by atoms with E-state index >= 15 is 0 Å². The molecule has 2 rings (SSSR count). The summed E-state index contributed by atoms with van der Waals surface area (Å²) in [6.45, 7) is 5.67. The van der Waals surface area contributed by atoms with Crippen molar-refractivity contribution < 1.29 is 4.79 Å². The van der Waals surface area contributed by atoms with Crippen LogP contribution in [0, 0.1) is 0 Å². The molecule has 0 aliphatic carbocycles. The highest BCUT2D eigenvalue weighted by atomic mass is 32.2. The smallest absolute Gasteiger partial charge is 0.235 e. The number of nitrogens with zero attached hydrogens (tertiary/aromatic N) is 2. The molecule has 1 aliphatic heterocycles. The van der Waals surface area contributed by atoms with Crippen molar-refractivity contribution in [3.63, 3.8) is 0 Å². The minimum Gasteiger partial charge on any atom is -0.339 e. The van der Waals surface area contributed by atoms with Gasteiger partial charge >= 0.3 is 0 Å². The van der Waals surface area contributed by atoms with Gasteiger partial charge in [-0.3, -0.25) is 4.79 Å². The van der Waals surface area contributed by atoms with Crippen molar-refractivity contribution in [1.82, 2.24) is 9.80 Å². The summed E-state index contributed by atoms with van der Waals surface area (Å²) < 4.78 is 0. The molecule has 1 fully saturated rings. The van der Waals surface area contributed by atoms with E-state index in [2.05, 4.69) is 24.1 Å². The molecular formula is C14H20N2OS. The summed E-state index contributed by atoms with van der Waals surface area (Å²) in [5, 5.41) is -0.00388. The minimum atomic E-state index is -0.00388. The van der Waals surface area contributed by atoms with E-state index in [1.807, 2.05) is 30.0 Å². The molecule has 18 heavy (non-hydrogen) atoms. The zero-order valence-corrected chi connectivity index (χ0v) is 11.8. The maximum atomic E-state index is 12.3. The monoisotopic (exact) mass is 264 g/mol. The summed E-state index contributed by atoms with van der Waals surface area (Å²) in [5.41, 5.74) is 0. The second-order valence-electron chi connectivity index (χ2n) is 4.70. The van der Waals surface area contributed by atoms with Crippen LogP contribution in [-0.4, -0.2) is 54.2 Å². The third-order valence-electron chi connectivity index (χ3n) is 3.22. The number of amides is 1. The van der Waals surface area contributed by atoms with Crippen LogP contribution in [0.2, 0.25) is 0 Å². The number of carbonyl (C=O) groups is 1. The van der Waals surface area contributed by atoms with Gasteiger partial charge in [0.05, 0.1) is 5.25 Å². The molecule has 1 amide bonds. The van der Waals surface area contributed by atoms with E-state index in [1.165, 1.54) is 0 Å². The van der Waals surface area contributed by atoms with Crippen molar-refractivity contribution in [3.8, 4) is 0 Å². The van der Waals surface area contributed by atoms with Gasteiger partial charge in [-0.2, -0.15) is 0 Å². The molecule has 1 aliphatic rings. The average molecular weight is 264 g/mol. The predicted molar refractivity (Wildman–Crippen MR) is 75.8 cm³/mol. The first kappa shape index (κ1) is 13.4. The SMILES string of the molecule is C[C@H](Sc1ccccc1)C(=O)N1CCN(C)CC1. The molecule has 0 radical (unpaired) electrons. The lowest BCUT2D eigenvalue weighted by Crippen LogP contribution is -2.49. The topological polar surface area (TPSA) is 23.6 Å². The molecule has 1 heterocycles. The van der Waals surface area contributed by atoms with Crippen molar-refractivity contribution >= 4 is 17.7 Å². The number of likely N-dealkylation sites (N-methyl/N-ethyl adjacent to an activating group) is 1. The zero-order valence-electron chi connectivity index (χ0n) is 11.0. The summed E-state index contributed by atoms with van der Waals surface area (Å²) >= 11 is 1.64. The Morgan fingerprint density at radius 3 is 2.39 bits per heavy atom. The van der Waals surface area contributed by atoms with E-state index in [9.17, 15) is 4.79 Å². The number of hydrogen-bond acceptors (Lipinski definition) is 3. The number of benzene rings is 1. The van der Waals surface area contributed by atoms with Crippen LogP contribution >= 0.6 is 11.8 Å². The van der Waals surface area contributed by atoms with Crippen LogP contribution in [0.5, 0.6) is 0 Å². The van der Waals surface area contributed by atoms with E-state index in [-0.39, 0.29) is 11.2 Å². The normalized spacial score (nSPS) is 18.7. The second-order valence-corrected chi connectivity index (χ2v) is 6.12. The number of piperazine rings is 1. The molecule has 0 N–H and O–H groups in total. The van der Waals surface area contributed by atoms with E-state index in [1.54, 1.807) is 11.8 Å². The first-order valence-corrected chi connectivity index (χ1v) is 7.24. The summed E-state index contributed by atoms with van der Waals surface area (Å²) in [5.74, 6) is 0.261. The maximum Gasteiger partial charge on any atom is 0.235 e. The van der Waals surface area contributed by atoms with E-state index in [0.29, 0.717) is 0 Å². The highest BCUT2D eigenvalue weighted by Crippen LogP contribution is 2.24. The van der Waals surface area contributed by atoms with Gasteiger partial charge in [0.25, 0.3) is 0 Å². The molecule has 3 nitrogen and oxygen atoms in total. The van der Waals surface area contributed by atoms with Crippen LogP contribution in [-0.2, 0) is 4.79 Å². The Labute approximate surface area is 113 Å². The minimum absolute atomic E-state index is 0.00388. The van der Waals surface area contributed by atoms with Gasteiger partial charge in [-0.15, -0.1) is 11.8 Å². The standard InChI is InChI=1S/C14H20N2OS/c1-12(18-13-6-4-3-5-7-13)14(17)16-10-8-15(2)9-11-16/h3-7,12H,8-11H2,1-2H3/t12-/m0/s1. The Bertz CT molecular complexity index is 388. The molecule has 0 aromatic heterocycles. The number of carbonyl (C=O) groups excluding carboxylic acids is 1. The number of rotatable bonds is 3. The van der Waals surface area contributed by atoms with Gasteiger partial charge in [0.2, 0.25) is 5.91 Å². The van der Waals surface area contributed by atoms with Crippen molar-refractivity contribution in [3.05, 3.63) is 30.3 Å². The molecule has 1 aromatic carbocycles. The Morgan fingerprint density at radius 2 is 1.78 bits per heavy atom. The van der Waals surface area contributed by atoms with E-state index < -0.39 is 0 Å². The Hall–Kier alpha value is -1.00. The Morgan fingerprint density at radius 1 is 1.17 bits per heavy atom. The fourth-order valence-electron chi connectivity index (χ4n) is 2.04. The number of hydrogen-bond donors (Lipinski definition) is 0. The maximum absolute atomic E-state index is 12.3. The lowest BCUT2D eigenvalue weighted by Gasteiger charge is -2.33. The van der Waals surface area contributed by atoms with Gasteiger partial charge in [-0.05, 0) is 26.1 Å². The first-order valence-electron chi connectivity index (χ1n) is 6.36. The Kier molecular flexibility index (Phi) is 4.66. The van der Waals surface area contributed by atoms with Crippen molar-refractivity contribution in [2.24, 2.45) is 0 Å². The van der Waals surface area contributed by atoms with Crippen LogP contribution in [0.15, 0.2) is 35.2 Å². The van der Waals surface area contributed by atoms with Gasteiger partial charge in [-0.25, -0.2) is 0 Å². The van der Waals surface area contributed by atoms with Crippen LogP contribution in [0.1, 0.15) is 6.92 Å². The third-order valence-corrected chi connectivity index (χ3v) is 4.32. The lowest BCUT2D eigenvalue weighted by molar-refractivity contribution is -0.131. The third kappa shape index (κ3) is 3.50. The van der Waals surface area contributed by atoms with Gasteiger partial charge < -0.3 is 9.80 Å². The fourth-order valence-corrected chi connectivity index (χ4v) is 3.01. The second kappa shape index (κ2) is 6.25. The van der Waals surface area contributed by atoms with Crippen molar-refractivity contribution in [2.45, 2.75) is 17.1 Å². The van der Waals surface area contributed by atoms with Gasteiger partial charge in [0.15, 0.2) is 0 Å². The highest BCUT2D eigenvalue weighted by Gasteiger charge is 2.24. The summed E-state index contributed by atoms with van der Waals surface area (Å²) in [4.78, 5) is 17.7. The molecule has 0 spiro atoms. The molecule has 0 saturated carbocycles. The van der Waals surface area contributed by atoms with E-state index in [0.717, 1.165) is 31.1 Å². The Balaban J connectivity index is 1.89. The van der Waals surface area contributed by atoms with Gasteiger partial charge in [0, 0.05) is 31.1 Å². The van der Waals surface area contributed by atoms with Crippen molar-refractivity contribution in [1.29, 1.82) is 0 Å². The molecular weight excluding hydrogens is 244 g/mol. The molecule has 0 unspecified atom stereocenters. The molecule has 0 bridgehead atoms. The lowest BCUT2D eigenvalue weighted by atomic mass is 10.3. The predicted octanol–water partition coefficient (Wildman–Crippen LogP) is 1.94. The first-order chi connectivity index (χ1) is 8.66. The quantitative estimate of drug-likeness (QED) is 0.780. The van der Waals surface area contributed by atoms with Crippen molar-refractivity contribution in [2.75, 3.05) is 33.2 Å². The van der Waals surface area contributed by atoms with Crippen LogP contribution in [0.3, 0.4) is 0 Å². The summed E-state index contributed by atoms with van der Waals surface area (Å²) in [6.07, 6.45) is 0. The fraction of sp³-hybridized carbons (Fsp3) is 0.500. The molecule has 4 heteroatoms. The van der Waals surface area contributed by atoms with Crippen LogP contribution in [0.25, 0.3) is 0 Å². The van der Waals surface area contributed by atoms with Crippen LogP contribution < -0.4 is 0 Å². The molecule has 1 aromatic rings. The average Bonchev–Trinajstić information content (AvgIpc) is 2.40. The summed E-state index contributed by atoms with van der Waals surface area (Å²) in [7, 11) is 2.10. The van der Waals surface area contributed by atoms with Gasteiger partial charge in [0.1, 0.15) is 0 Å².